The Morgan fingerprint density at radius 2 is 1.97 bits per heavy atom. The number of carbonyl (C=O) groups excluding carboxylic acids is 1. The van der Waals surface area contributed by atoms with Crippen LogP contribution in [0.4, 0.5) is 4.39 Å². The van der Waals surface area contributed by atoms with E-state index in [9.17, 15) is 9.59 Å². The summed E-state index contributed by atoms with van der Waals surface area (Å²) in [4.78, 5) is 32.5. The Kier molecular flexibility index (Phi) is 6.57. The van der Waals surface area contributed by atoms with Crippen LogP contribution in [0, 0.1) is 11.7 Å². The fourth-order valence-corrected chi connectivity index (χ4v) is 5.81. The fourth-order valence-electron chi connectivity index (χ4n) is 5.81. The van der Waals surface area contributed by atoms with Crippen molar-refractivity contribution in [3.05, 3.63) is 100 Å². The van der Waals surface area contributed by atoms with Gasteiger partial charge in [-0.2, -0.15) is 0 Å². The molecule has 4 heterocycles. The summed E-state index contributed by atoms with van der Waals surface area (Å²) in [5.74, 6) is -0.488. The summed E-state index contributed by atoms with van der Waals surface area (Å²) in [6.45, 7) is 2.34. The molecule has 8 heteroatoms. The van der Waals surface area contributed by atoms with Gasteiger partial charge in [0.05, 0.1) is 11.4 Å². The minimum atomic E-state index is -0.272. The molecule has 1 aliphatic heterocycles. The maximum atomic E-state index is 15.2. The lowest BCUT2D eigenvalue weighted by molar-refractivity contribution is -0.138. The van der Waals surface area contributed by atoms with E-state index in [0.717, 1.165) is 48.0 Å². The molecule has 4 aromatic rings. The van der Waals surface area contributed by atoms with Gasteiger partial charge in [0.25, 0.3) is 5.56 Å². The van der Waals surface area contributed by atoms with Gasteiger partial charge in [0.2, 0.25) is 5.91 Å². The summed E-state index contributed by atoms with van der Waals surface area (Å²) in [6.07, 6.45) is 10.00. The third-order valence-corrected chi connectivity index (χ3v) is 8.00. The average molecular weight is 514 g/mol. The minimum absolute atomic E-state index is 0.0244. The number of aromatic nitrogens is 3. The van der Waals surface area contributed by atoms with Crippen LogP contribution in [0.3, 0.4) is 0 Å². The summed E-state index contributed by atoms with van der Waals surface area (Å²) in [5, 5.41) is 3.96. The normalized spacial score (nSPS) is 19.5. The molecule has 2 fully saturated rings. The molecule has 1 amide bonds. The Morgan fingerprint density at radius 3 is 2.74 bits per heavy atom. The quantitative estimate of drug-likeness (QED) is 0.408. The van der Waals surface area contributed by atoms with Crippen LogP contribution in [0.1, 0.15) is 41.9 Å². The van der Waals surface area contributed by atoms with E-state index in [1.807, 2.05) is 35.4 Å². The SMILES string of the molecule is Cn1ccc(C2CCNC[C@@H]2C(=O)N(Cc2cn(Cc3ccncc3)c3cccc(F)c23)C2CC2)cc1=O. The van der Waals surface area contributed by atoms with Crippen LogP contribution in [-0.4, -0.2) is 44.1 Å². The molecule has 1 aromatic carbocycles. The monoisotopic (exact) mass is 513 g/mol. The van der Waals surface area contributed by atoms with Crippen molar-refractivity contribution in [2.24, 2.45) is 13.0 Å². The number of hydrogen-bond donors (Lipinski definition) is 1. The maximum Gasteiger partial charge on any atom is 0.250 e. The molecule has 1 saturated heterocycles. The number of carbonyl (C=O) groups is 1. The molecule has 196 valence electrons. The molecule has 2 atom stereocenters. The first-order valence-electron chi connectivity index (χ1n) is 13.3. The fraction of sp³-hybridized carbons (Fsp3) is 0.367. The van der Waals surface area contributed by atoms with Gasteiger partial charge in [-0.15, -0.1) is 0 Å². The van der Waals surface area contributed by atoms with Gasteiger partial charge < -0.3 is 19.4 Å². The van der Waals surface area contributed by atoms with Crippen LogP contribution in [0.25, 0.3) is 10.9 Å². The van der Waals surface area contributed by atoms with Gasteiger partial charge >= 0.3 is 0 Å². The molecule has 7 nitrogen and oxygen atoms in total. The van der Waals surface area contributed by atoms with Gasteiger partial charge in [-0.1, -0.05) is 6.07 Å². The Bertz CT molecular complexity index is 1520. The smallest absolute Gasteiger partial charge is 0.250 e. The lowest BCUT2D eigenvalue weighted by Crippen LogP contribution is -2.47. The van der Waals surface area contributed by atoms with E-state index in [4.69, 9.17) is 0 Å². The minimum Gasteiger partial charge on any atom is -0.343 e. The molecule has 3 aromatic heterocycles. The van der Waals surface area contributed by atoms with Gasteiger partial charge in [0, 0.05) is 69.0 Å². The third kappa shape index (κ3) is 4.76. The van der Waals surface area contributed by atoms with E-state index < -0.39 is 0 Å². The first kappa shape index (κ1) is 24.6. The Hall–Kier alpha value is -3.78. The van der Waals surface area contributed by atoms with Crippen molar-refractivity contribution in [2.75, 3.05) is 13.1 Å². The van der Waals surface area contributed by atoms with Crippen LogP contribution in [0.15, 0.2) is 72.0 Å². The predicted octanol–water partition coefficient (Wildman–Crippen LogP) is 3.81. The zero-order valence-electron chi connectivity index (χ0n) is 21.5. The molecule has 1 N–H and O–H groups in total. The Balaban J connectivity index is 1.33. The van der Waals surface area contributed by atoms with Crippen molar-refractivity contribution < 1.29 is 9.18 Å². The van der Waals surface area contributed by atoms with E-state index >= 15 is 4.39 Å². The van der Waals surface area contributed by atoms with Crippen LogP contribution < -0.4 is 10.9 Å². The van der Waals surface area contributed by atoms with Crippen molar-refractivity contribution in [2.45, 2.75) is 44.3 Å². The van der Waals surface area contributed by atoms with E-state index in [2.05, 4.69) is 14.9 Å². The molecule has 38 heavy (non-hydrogen) atoms. The number of halogens is 1. The number of benzene rings is 1. The third-order valence-electron chi connectivity index (χ3n) is 8.00. The van der Waals surface area contributed by atoms with Gasteiger partial charge in [-0.05, 0) is 78.7 Å². The predicted molar refractivity (Wildman–Crippen MR) is 144 cm³/mol. The number of fused-ring (bicyclic) bond motifs is 1. The molecule has 6 rings (SSSR count). The summed E-state index contributed by atoms with van der Waals surface area (Å²) in [6, 6.07) is 12.9. The van der Waals surface area contributed by atoms with Gasteiger partial charge in [0.15, 0.2) is 0 Å². The number of nitrogens with one attached hydrogen (secondary N) is 1. The lowest BCUT2D eigenvalue weighted by atomic mass is 9.80. The Morgan fingerprint density at radius 1 is 1.16 bits per heavy atom. The first-order chi connectivity index (χ1) is 18.5. The Labute approximate surface area is 220 Å². The number of amides is 1. The van der Waals surface area contributed by atoms with Crippen LogP contribution >= 0.6 is 0 Å². The zero-order chi connectivity index (χ0) is 26.2. The van der Waals surface area contributed by atoms with E-state index in [0.29, 0.717) is 25.0 Å². The summed E-state index contributed by atoms with van der Waals surface area (Å²) >= 11 is 0. The summed E-state index contributed by atoms with van der Waals surface area (Å²) in [7, 11) is 1.73. The van der Waals surface area contributed by atoms with E-state index in [-0.39, 0.29) is 35.2 Å². The second kappa shape index (κ2) is 10.2. The molecule has 0 spiro atoms. The van der Waals surface area contributed by atoms with E-state index in [1.165, 1.54) is 6.07 Å². The molecule has 0 bridgehead atoms. The highest BCUT2D eigenvalue weighted by Crippen LogP contribution is 2.37. The number of rotatable bonds is 7. The first-order valence-corrected chi connectivity index (χ1v) is 13.3. The second-order valence-electron chi connectivity index (χ2n) is 10.6. The van der Waals surface area contributed by atoms with Crippen molar-refractivity contribution in [3.63, 3.8) is 0 Å². The molecule has 1 saturated carbocycles. The topological polar surface area (TPSA) is 72.2 Å². The van der Waals surface area contributed by atoms with Gasteiger partial charge in [0.1, 0.15) is 5.82 Å². The van der Waals surface area contributed by atoms with Crippen molar-refractivity contribution in [1.29, 1.82) is 0 Å². The standard InChI is InChI=1S/C30H32FN5O2/c1-34-14-10-21(15-28(34)37)24-9-13-33-16-25(24)30(38)36(23-5-6-23)19-22-18-35(17-20-7-11-32-12-8-20)27-4-2-3-26(31)29(22)27/h2-4,7-8,10-12,14-15,18,23-25,33H,5-6,9,13,16-17,19H2,1H3/t24?,25-/m0/s1. The maximum absolute atomic E-state index is 15.2. The number of pyridine rings is 2. The molecular weight excluding hydrogens is 481 g/mol. The lowest BCUT2D eigenvalue weighted by Gasteiger charge is -2.35. The molecular formula is C30H32FN5O2. The highest BCUT2D eigenvalue weighted by atomic mass is 19.1. The molecule has 1 unspecified atom stereocenters. The highest BCUT2D eigenvalue weighted by Gasteiger charge is 2.40. The molecule has 2 aliphatic rings. The van der Waals surface area contributed by atoms with Crippen molar-refractivity contribution >= 4 is 16.8 Å². The van der Waals surface area contributed by atoms with Crippen molar-refractivity contribution in [3.8, 4) is 0 Å². The van der Waals surface area contributed by atoms with E-state index in [1.54, 1.807) is 42.3 Å². The zero-order valence-corrected chi connectivity index (χ0v) is 21.5. The summed E-state index contributed by atoms with van der Waals surface area (Å²) in [5.41, 5.74) is 3.57. The molecule has 0 radical (unpaired) electrons. The number of hydrogen-bond acceptors (Lipinski definition) is 4. The van der Waals surface area contributed by atoms with Crippen LogP contribution in [-0.2, 0) is 24.9 Å². The highest BCUT2D eigenvalue weighted by molar-refractivity contribution is 5.86. The summed E-state index contributed by atoms with van der Waals surface area (Å²) < 4.78 is 18.8. The largest absolute Gasteiger partial charge is 0.343 e. The number of aryl methyl sites for hydroxylation is 1. The number of piperidine rings is 1. The van der Waals surface area contributed by atoms with Crippen LogP contribution in [0.2, 0.25) is 0 Å². The second-order valence-corrected chi connectivity index (χ2v) is 10.6. The van der Waals surface area contributed by atoms with Crippen LogP contribution in [0.5, 0.6) is 0 Å². The number of nitrogens with zero attached hydrogens (tertiary/aromatic N) is 4. The molecule has 1 aliphatic carbocycles. The van der Waals surface area contributed by atoms with Gasteiger partial charge in [-0.25, -0.2) is 4.39 Å². The van der Waals surface area contributed by atoms with Gasteiger partial charge in [-0.3, -0.25) is 14.6 Å². The van der Waals surface area contributed by atoms with Crippen molar-refractivity contribution in [1.82, 2.24) is 24.3 Å². The average Bonchev–Trinajstić information content (AvgIpc) is 3.72.